The quantitative estimate of drug-likeness (QED) is 0.716. The van der Waals surface area contributed by atoms with Gasteiger partial charge in [-0.25, -0.2) is 9.18 Å². The highest BCUT2D eigenvalue weighted by atomic mass is 79.9. The Balaban J connectivity index is 2.40. The maximum atomic E-state index is 13.8. The molecule has 0 aromatic heterocycles. The van der Waals surface area contributed by atoms with Crippen LogP contribution in [0.25, 0.3) is 0 Å². The van der Waals surface area contributed by atoms with E-state index in [1.807, 2.05) is 0 Å². The molecule has 0 spiro atoms. The van der Waals surface area contributed by atoms with Gasteiger partial charge in [0.2, 0.25) is 0 Å². The Hall–Kier alpha value is -1.79. The van der Waals surface area contributed by atoms with Crippen molar-refractivity contribution < 1.29 is 14.3 Å². The molecular weight excluding hydrogens is 351 g/mol. The van der Waals surface area contributed by atoms with E-state index in [0.717, 1.165) is 12.1 Å². The second kappa shape index (κ2) is 5.68. The molecule has 0 heterocycles. The number of hydrogen-bond donors (Lipinski definition) is 3. The number of nitrogen functional groups attached to an aromatic ring is 1. The largest absolute Gasteiger partial charge is 0.478 e. The average molecular weight is 360 g/mol. The van der Waals surface area contributed by atoms with E-state index in [-0.39, 0.29) is 16.9 Å². The number of hydrogen-bond acceptors (Lipinski definition) is 3. The van der Waals surface area contributed by atoms with Crippen molar-refractivity contribution >= 4 is 50.6 Å². The number of halogens is 3. The maximum absolute atomic E-state index is 13.8. The fraction of sp³-hybridized carbons (Fsp3) is 0. The molecule has 0 saturated heterocycles. The standard InChI is InChI=1S/C13H9BrClFN2O2/c14-8-2-1-6(3-9(8)15)18-12-4-7(13(19)20)11(17)5-10(12)16/h1-5,18H,17H2,(H,19,20). The van der Waals surface area contributed by atoms with Gasteiger partial charge >= 0.3 is 5.97 Å². The molecule has 2 aromatic rings. The van der Waals surface area contributed by atoms with Gasteiger partial charge in [0, 0.05) is 15.8 Å². The van der Waals surface area contributed by atoms with E-state index < -0.39 is 11.8 Å². The van der Waals surface area contributed by atoms with Crippen LogP contribution in [0.15, 0.2) is 34.8 Å². The van der Waals surface area contributed by atoms with Crippen LogP contribution in [-0.4, -0.2) is 11.1 Å². The number of anilines is 3. The van der Waals surface area contributed by atoms with Crippen molar-refractivity contribution in [2.24, 2.45) is 0 Å². The molecule has 2 rings (SSSR count). The molecule has 104 valence electrons. The van der Waals surface area contributed by atoms with Gasteiger partial charge in [-0.2, -0.15) is 0 Å². The van der Waals surface area contributed by atoms with Crippen molar-refractivity contribution in [2.75, 3.05) is 11.1 Å². The zero-order valence-electron chi connectivity index (χ0n) is 9.95. The summed E-state index contributed by atoms with van der Waals surface area (Å²) in [5, 5.41) is 12.2. The number of carboxylic acid groups (broad SMARTS) is 1. The monoisotopic (exact) mass is 358 g/mol. The lowest BCUT2D eigenvalue weighted by Crippen LogP contribution is -2.05. The highest BCUT2D eigenvalue weighted by Crippen LogP contribution is 2.29. The van der Waals surface area contributed by atoms with Gasteiger partial charge in [0.15, 0.2) is 0 Å². The Labute approximate surface area is 127 Å². The minimum Gasteiger partial charge on any atom is -0.478 e. The Kier molecular flexibility index (Phi) is 4.15. The van der Waals surface area contributed by atoms with Gasteiger partial charge in [-0.3, -0.25) is 0 Å². The first-order valence-electron chi connectivity index (χ1n) is 5.43. The Bertz CT molecular complexity index is 694. The molecule has 4 nitrogen and oxygen atoms in total. The number of aromatic carboxylic acids is 1. The molecule has 0 atom stereocenters. The molecule has 0 aliphatic heterocycles. The number of nitrogens with one attached hydrogen (secondary N) is 1. The molecular formula is C13H9BrClFN2O2. The summed E-state index contributed by atoms with van der Waals surface area (Å²) >= 11 is 9.17. The third kappa shape index (κ3) is 3.02. The van der Waals surface area contributed by atoms with E-state index in [1.54, 1.807) is 18.2 Å². The lowest BCUT2D eigenvalue weighted by atomic mass is 10.1. The zero-order valence-corrected chi connectivity index (χ0v) is 12.3. The lowest BCUT2D eigenvalue weighted by molar-refractivity contribution is 0.0698. The fourth-order valence-electron chi connectivity index (χ4n) is 1.60. The molecule has 0 aliphatic carbocycles. The van der Waals surface area contributed by atoms with Gasteiger partial charge in [0.1, 0.15) is 5.82 Å². The molecule has 0 unspecified atom stereocenters. The van der Waals surface area contributed by atoms with E-state index >= 15 is 0 Å². The third-order valence-electron chi connectivity index (χ3n) is 2.57. The summed E-state index contributed by atoms with van der Waals surface area (Å²) in [4.78, 5) is 11.0. The van der Waals surface area contributed by atoms with Crippen molar-refractivity contribution in [1.82, 2.24) is 0 Å². The summed E-state index contributed by atoms with van der Waals surface area (Å²) in [6, 6.07) is 7.06. The van der Waals surface area contributed by atoms with Crippen LogP contribution < -0.4 is 11.1 Å². The minimum absolute atomic E-state index is 0.00925. The Morgan fingerprint density at radius 3 is 2.65 bits per heavy atom. The lowest BCUT2D eigenvalue weighted by Gasteiger charge is -2.11. The number of carbonyl (C=O) groups is 1. The van der Waals surface area contributed by atoms with Gasteiger partial charge in [-0.15, -0.1) is 0 Å². The van der Waals surface area contributed by atoms with Crippen LogP contribution in [-0.2, 0) is 0 Å². The average Bonchev–Trinajstić information content (AvgIpc) is 2.36. The van der Waals surface area contributed by atoms with Crippen LogP contribution in [0.4, 0.5) is 21.5 Å². The van der Waals surface area contributed by atoms with Crippen molar-refractivity contribution in [3.63, 3.8) is 0 Å². The number of carboxylic acids is 1. The second-order valence-corrected chi connectivity index (χ2v) is 5.24. The summed E-state index contributed by atoms with van der Waals surface area (Å²) in [7, 11) is 0. The van der Waals surface area contributed by atoms with Gasteiger partial charge < -0.3 is 16.2 Å². The smallest absolute Gasteiger partial charge is 0.337 e. The summed E-state index contributed by atoms with van der Waals surface area (Å²) in [5.74, 6) is -1.87. The van der Waals surface area contributed by atoms with Crippen molar-refractivity contribution in [3.05, 3.63) is 51.2 Å². The fourth-order valence-corrected chi connectivity index (χ4v) is 2.03. The third-order valence-corrected chi connectivity index (χ3v) is 3.80. The molecule has 7 heteroatoms. The number of nitrogens with two attached hydrogens (primary N) is 1. The molecule has 0 saturated carbocycles. The minimum atomic E-state index is -1.22. The first-order valence-corrected chi connectivity index (χ1v) is 6.60. The first-order chi connectivity index (χ1) is 9.38. The van der Waals surface area contributed by atoms with E-state index in [9.17, 15) is 9.18 Å². The van der Waals surface area contributed by atoms with Crippen molar-refractivity contribution in [3.8, 4) is 0 Å². The normalized spacial score (nSPS) is 10.3. The predicted molar refractivity (Wildman–Crippen MR) is 80.2 cm³/mol. The van der Waals surface area contributed by atoms with Gasteiger partial charge in [-0.1, -0.05) is 11.6 Å². The van der Waals surface area contributed by atoms with Crippen LogP contribution in [0.1, 0.15) is 10.4 Å². The first kappa shape index (κ1) is 14.6. The molecule has 20 heavy (non-hydrogen) atoms. The topological polar surface area (TPSA) is 75.3 Å². The summed E-state index contributed by atoms with van der Waals surface area (Å²) in [6.07, 6.45) is 0. The van der Waals surface area contributed by atoms with Gasteiger partial charge in [0.05, 0.1) is 16.3 Å². The highest BCUT2D eigenvalue weighted by molar-refractivity contribution is 9.10. The van der Waals surface area contributed by atoms with E-state index in [0.29, 0.717) is 15.2 Å². The van der Waals surface area contributed by atoms with Gasteiger partial charge in [-0.05, 0) is 46.3 Å². The molecule has 0 fully saturated rings. The number of rotatable bonds is 3. The Morgan fingerprint density at radius 2 is 2.05 bits per heavy atom. The van der Waals surface area contributed by atoms with Crippen LogP contribution in [0.5, 0.6) is 0 Å². The van der Waals surface area contributed by atoms with Gasteiger partial charge in [0.25, 0.3) is 0 Å². The predicted octanol–water partition coefficient (Wildman–Crippen LogP) is 4.27. The molecule has 0 bridgehead atoms. The Morgan fingerprint density at radius 1 is 1.35 bits per heavy atom. The second-order valence-electron chi connectivity index (χ2n) is 3.98. The van der Waals surface area contributed by atoms with Crippen LogP contribution in [0.2, 0.25) is 5.02 Å². The summed E-state index contributed by atoms with van der Waals surface area (Å²) in [5.41, 5.74) is 5.69. The molecule has 4 N–H and O–H groups in total. The van der Waals surface area contributed by atoms with Crippen LogP contribution in [0, 0.1) is 5.82 Å². The molecule has 0 amide bonds. The maximum Gasteiger partial charge on any atom is 0.337 e. The van der Waals surface area contributed by atoms with Crippen LogP contribution >= 0.6 is 27.5 Å². The van der Waals surface area contributed by atoms with E-state index in [1.165, 1.54) is 0 Å². The molecule has 0 aliphatic rings. The summed E-state index contributed by atoms with van der Waals surface area (Å²) in [6.45, 7) is 0. The zero-order chi connectivity index (χ0) is 14.9. The molecule has 2 aromatic carbocycles. The van der Waals surface area contributed by atoms with E-state index in [2.05, 4.69) is 21.2 Å². The number of benzene rings is 2. The molecule has 0 radical (unpaired) electrons. The summed E-state index contributed by atoms with van der Waals surface area (Å²) < 4.78 is 14.5. The highest BCUT2D eigenvalue weighted by Gasteiger charge is 2.13. The van der Waals surface area contributed by atoms with E-state index in [4.69, 9.17) is 22.4 Å². The SMILES string of the molecule is Nc1cc(F)c(Nc2ccc(Br)c(Cl)c2)cc1C(=O)O. The van der Waals surface area contributed by atoms with Crippen LogP contribution in [0.3, 0.4) is 0 Å². The van der Waals surface area contributed by atoms with Crippen molar-refractivity contribution in [2.45, 2.75) is 0 Å². The van der Waals surface area contributed by atoms with Crippen molar-refractivity contribution in [1.29, 1.82) is 0 Å².